The van der Waals surface area contributed by atoms with E-state index < -0.39 is 5.72 Å². The molecule has 0 spiro atoms. The van der Waals surface area contributed by atoms with Crippen molar-refractivity contribution in [2.45, 2.75) is 25.5 Å². The molecule has 3 rings (SSSR count). The Hall–Kier alpha value is -1.26. The van der Waals surface area contributed by atoms with Crippen molar-refractivity contribution in [2.24, 2.45) is 4.99 Å². The molecular formula is C14H19ClN2O2. The van der Waals surface area contributed by atoms with Crippen LogP contribution in [-0.4, -0.2) is 35.5 Å². The van der Waals surface area contributed by atoms with Gasteiger partial charge in [0, 0.05) is 18.5 Å². The van der Waals surface area contributed by atoms with E-state index in [9.17, 15) is 5.11 Å². The van der Waals surface area contributed by atoms with Crippen LogP contribution in [0.4, 0.5) is 0 Å². The zero-order valence-electron chi connectivity index (χ0n) is 11.0. The van der Waals surface area contributed by atoms with Crippen molar-refractivity contribution in [1.29, 1.82) is 0 Å². The largest absolute Gasteiger partial charge is 0.494 e. The molecule has 19 heavy (non-hydrogen) atoms. The van der Waals surface area contributed by atoms with Gasteiger partial charge in [-0.1, -0.05) is 12.1 Å². The molecular weight excluding hydrogens is 264 g/mol. The maximum atomic E-state index is 10.8. The number of ether oxygens (including phenoxy) is 1. The predicted octanol–water partition coefficient (Wildman–Crippen LogP) is 2.16. The quantitative estimate of drug-likeness (QED) is 0.924. The Morgan fingerprint density at radius 3 is 2.79 bits per heavy atom. The molecule has 5 heteroatoms. The number of rotatable bonds is 3. The lowest BCUT2D eigenvalue weighted by Gasteiger charge is -2.33. The zero-order chi connectivity index (χ0) is 12.6. The van der Waals surface area contributed by atoms with Crippen LogP contribution >= 0.6 is 12.4 Å². The van der Waals surface area contributed by atoms with Gasteiger partial charge in [0.2, 0.25) is 0 Å². The summed E-state index contributed by atoms with van der Waals surface area (Å²) in [6.07, 6.45) is 2.07. The fraction of sp³-hybridized carbons (Fsp3) is 0.500. The Morgan fingerprint density at radius 1 is 1.37 bits per heavy atom. The smallest absolute Gasteiger partial charge is 0.185 e. The summed E-state index contributed by atoms with van der Waals surface area (Å²) in [7, 11) is 0. The van der Waals surface area contributed by atoms with Crippen molar-refractivity contribution < 1.29 is 9.84 Å². The second-order valence-electron chi connectivity index (χ2n) is 4.76. The van der Waals surface area contributed by atoms with Gasteiger partial charge in [0.1, 0.15) is 11.6 Å². The minimum absolute atomic E-state index is 0. The molecule has 1 N–H and O–H groups in total. The van der Waals surface area contributed by atoms with Crippen LogP contribution in [0.5, 0.6) is 5.75 Å². The number of amidine groups is 1. The predicted molar refractivity (Wildman–Crippen MR) is 77.0 cm³/mol. The van der Waals surface area contributed by atoms with Crippen molar-refractivity contribution in [3.63, 3.8) is 0 Å². The zero-order valence-corrected chi connectivity index (χ0v) is 11.8. The third-order valence-electron chi connectivity index (χ3n) is 3.65. The average Bonchev–Trinajstić information content (AvgIpc) is 2.96. The molecule has 1 unspecified atom stereocenters. The van der Waals surface area contributed by atoms with Crippen molar-refractivity contribution >= 4 is 18.2 Å². The second kappa shape index (κ2) is 5.39. The maximum absolute atomic E-state index is 10.8. The number of benzene rings is 1. The van der Waals surface area contributed by atoms with Gasteiger partial charge in [-0.05, 0) is 25.5 Å². The summed E-state index contributed by atoms with van der Waals surface area (Å²) in [6, 6.07) is 7.68. The van der Waals surface area contributed by atoms with E-state index in [4.69, 9.17) is 4.74 Å². The number of halogens is 1. The fourth-order valence-corrected chi connectivity index (χ4v) is 2.74. The summed E-state index contributed by atoms with van der Waals surface area (Å²) in [4.78, 5) is 6.48. The molecule has 2 aliphatic heterocycles. The minimum atomic E-state index is -0.948. The van der Waals surface area contributed by atoms with Gasteiger partial charge in [-0.15, -0.1) is 12.4 Å². The highest BCUT2D eigenvalue weighted by atomic mass is 35.5. The molecule has 0 radical (unpaired) electrons. The highest BCUT2D eigenvalue weighted by Crippen LogP contribution is 2.36. The van der Waals surface area contributed by atoms with E-state index in [0.29, 0.717) is 13.2 Å². The fourth-order valence-electron chi connectivity index (χ4n) is 2.74. The number of hydrogen-bond acceptors (Lipinski definition) is 4. The van der Waals surface area contributed by atoms with Crippen LogP contribution in [0.25, 0.3) is 0 Å². The van der Waals surface area contributed by atoms with Gasteiger partial charge in [0.15, 0.2) is 5.72 Å². The third-order valence-corrected chi connectivity index (χ3v) is 3.65. The summed E-state index contributed by atoms with van der Waals surface area (Å²) in [5.41, 5.74) is -0.0528. The SMILES string of the molecule is CCOc1ccc(C2(O)CN=C3CCCN32)cc1.Cl. The lowest BCUT2D eigenvalue weighted by Crippen LogP contribution is -2.44. The second-order valence-corrected chi connectivity index (χ2v) is 4.76. The molecule has 1 fully saturated rings. The normalized spacial score (nSPS) is 24.7. The van der Waals surface area contributed by atoms with Crippen LogP contribution in [0.15, 0.2) is 29.3 Å². The Labute approximate surface area is 119 Å². The van der Waals surface area contributed by atoms with Crippen molar-refractivity contribution in [1.82, 2.24) is 4.90 Å². The Balaban J connectivity index is 0.00000133. The molecule has 0 aliphatic carbocycles. The number of nitrogens with zero attached hydrogens (tertiary/aromatic N) is 2. The number of aliphatic imine (C=N–C) groups is 1. The summed E-state index contributed by atoms with van der Waals surface area (Å²) < 4.78 is 5.42. The van der Waals surface area contributed by atoms with Crippen LogP contribution in [-0.2, 0) is 5.72 Å². The monoisotopic (exact) mass is 282 g/mol. The molecule has 104 valence electrons. The number of hydrogen-bond donors (Lipinski definition) is 1. The topological polar surface area (TPSA) is 45.1 Å². The number of aliphatic hydroxyl groups is 1. The molecule has 2 aliphatic rings. The van der Waals surface area contributed by atoms with Crippen molar-refractivity contribution in [3.8, 4) is 5.75 Å². The third kappa shape index (κ3) is 2.30. The first-order chi connectivity index (χ1) is 8.74. The summed E-state index contributed by atoms with van der Waals surface area (Å²) in [5.74, 6) is 1.89. The van der Waals surface area contributed by atoms with Gasteiger partial charge in [0.05, 0.1) is 13.2 Å². The van der Waals surface area contributed by atoms with Gasteiger partial charge < -0.3 is 14.7 Å². The van der Waals surface area contributed by atoms with E-state index in [1.54, 1.807) is 0 Å². The highest BCUT2D eigenvalue weighted by molar-refractivity contribution is 5.86. The van der Waals surface area contributed by atoms with E-state index >= 15 is 0 Å². The van der Waals surface area contributed by atoms with Gasteiger partial charge in [0.25, 0.3) is 0 Å². The van der Waals surface area contributed by atoms with E-state index in [-0.39, 0.29) is 12.4 Å². The van der Waals surface area contributed by atoms with Crippen LogP contribution in [0.3, 0.4) is 0 Å². The molecule has 1 aromatic rings. The summed E-state index contributed by atoms with van der Waals surface area (Å²) in [5, 5.41) is 10.8. The molecule has 0 bridgehead atoms. The van der Waals surface area contributed by atoms with E-state index in [1.165, 1.54) is 0 Å². The molecule has 1 aromatic carbocycles. The Morgan fingerprint density at radius 2 is 2.11 bits per heavy atom. The first-order valence-corrected chi connectivity index (χ1v) is 6.51. The molecule has 0 aromatic heterocycles. The van der Waals surface area contributed by atoms with E-state index in [2.05, 4.69) is 4.99 Å². The lowest BCUT2D eigenvalue weighted by molar-refractivity contribution is -0.0511. The number of fused-ring (bicyclic) bond motifs is 1. The first kappa shape index (κ1) is 14.2. The Bertz CT molecular complexity index is 475. The minimum Gasteiger partial charge on any atom is -0.494 e. The Kier molecular flexibility index (Phi) is 4.02. The van der Waals surface area contributed by atoms with Gasteiger partial charge in [-0.2, -0.15) is 0 Å². The average molecular weight is 283 g/mol. The van der Waals surface area contributed by atoms with Crippen LogP contribution in [0.1, 0.15) is 25.3 Å². The van der Waals surface area contributed by atoms with E-state index in [0.717, 1.165) is 36.5 Å². The van der Waals surface area contributed by atoms with Gasteiger partial charge >= 0.3 is 0 Å². The van der Waals surface area contributed by atoms with Crippen molar-refractivity contribution in [3.05, 3.63) is 29.8 Å². The molecule has 1 saturated heterocycles. The molecule has 0 saturated carbocycles. The highest BCUT2D eigenvalue weighted by Gasteiger charge is 2.44. The first-order valence-electron chi connectivity index (χ1n) is 6.51. The van der Waals surface area contributed by atoms with E-state index in [1.807, 2.05) is 36.1 Å². The lowest BCUT2D eigenvalue weighted by atomic mass is 10.0. The summed E-state index contributed by atoms with van der Waals surface area (Å²) >= 11 is 0. The van der Waals surface area contributed by atoms with Crippen LogP contribution in [0.2, 0.25) is 0 Å². The van der Waals surface area contributed by atoms with Crippen molar-refractivity contribution in [2.75, 3.05) is 19.7 Å². The molecule has 1 atom stereocenters. The van der Waals surface area contributed by atoms with Crippen LogP contribution < -0.4 is 4.74 Å². The maximum Gasteiger partial charge on any atom is 0.185 e. The molecule has 4 nitrogen and oxygen atoms in total. The standard InChI is InChI=1S/C14H18N2O2.ClH/c1-2-18-12-7-5-11(6-8-12)14(17)10-15-13-4-3-9-16(13)14;/h5-8,17H,2-4,9-10H2,1H3;1H. The summed E-state index contributed by atoms with van der Waals surface area (Å²) in [6.45, 7) is 3.95. The van der Waals surface area contributed by atoms with Gasteiger partial charge in [-0.3, -0.25) is 4.99 Å². The molecule has 0 amide bonds. The molecule has 2 heterocycles. The van der Waals surface area contributed by atoms with Gasteiger partial charge in [-0.25, -0.2) is 0 Å². The van der Waals surface area contributed by atoms with Crippen LogP contribution in [0, 0.1) is 0 Å².